The van der Waals surface area contributed by atoms with Crippen LogP contribution in [0.3, 0.4) is 0 Å². The monoisotopic (exact) mass is 327 g/mol. The number of benzene rings is 1. The highest BCUT2D eigenvalue weighted by Crippen LogP contribution is 2.27. The second-order valence-corrected chi connectivity index (χ2v) is 6.33. The average Bonchev–Trinajstić information content (AvgIpc) is 3.24. The van der Waals surface area contributed by atoms with Crippen LogP contribution < -0.4 is 5.32 Å². The lowest BCUT2D eigenvalue weighted by Gasteiger charge is -2.00. The Hall–Kier alpha value is -2.58. The average molecular weight is 327 g/mol. The van der Waals surface area contributed by atoms with Crippen molar-refractivity contribution in [3.8, 4) is 10.7 Å². The van der Waals surface area contributed by atoms with E-state index in [-0.39, 0.29) is 5.91 Å². The first-order chi connectivity index (χ1) is 10.8. The summed E-state index contributed by atoms with van der Waals surface area (Å²) in [6.45, 7) is 0. The number of anilines is 1. The fourth-order valence-electron chi connectivity index (χ4n) is 1.99. The number of carbonyl (C=O) groups excluding carboxylic acids is 1. The zero-order valence-electron chi connectivity index (χ0n) is 11.1. The predicted octanol–water partition coefficient (Wildman–Crippen LogP) is 3.17. The van der Waals surface area contributed by atoms with Crippen LogP contribution in [-0.2, 0) is 0 Å². The third kappa shape index (κ3) is 2.28. The Morgan fingerprint density at radius 3 is 2.73 bits per heavy atom. The van der Waals surface area contributed by atoms with Gasteiger partial charge < -0.3 is 0 Å². The fourth-order valence-corrected chi connectivity index (χ4v) is 3.41. The second-order valence-electron chi connectivity index (χ2n) is 4.42. The maximum atomic E-state index is 12.1. The number of thiophene rings is 1. The van der Waals surface area contributed by atoms with E-state index in [0.717, 1.165) is 4.88 Å². The Balaban J connectivity index is 1.65. The molecule has 0 bridgehead atoms. The topological polar surface area (TPSA) is 72.2 Å². The highest BCUT2D eigenvalue weighted by atomic mass is 32.1. The lowest BCUT2D eigenvalue weighted by Crippen LogP contribution is -2.11. The third-order valence-corrected chi connectivity index (χ3v) is 4.67. The van der Waals surface area contributed by atoms with Gasteiger partial charge in [0.05, 0.1) is 4.88 Å². The maximum absolute atomic E-state index is 12.1. The zero-order chi connectivity index (χ0) is 14.9. The summed E-state index contributed by atoms with van der Waals surface area (Å²) >= 11 is 2.86. The van der Waals surface area contributed by atoms with Crippen LogP contribution in [0.25, 0.3) is 15.7 Å². The van der Waals surface area contributed by atoms with Crippen molar-refractivity contribution < 1.29 is 4.79 Å². The Morgan fingerprint density at radius 2 is 1.95 bits per heavy atom. The molecule has 0 saturated carbocycles. The molecule has 8 heteroatoms. The van der Waals surface area contributed by atoms with Crippen molar-refractivity contribution in [1.82, 2.24) is 19.8 Å². The van der Waals surface area contributed by atoms with E-state index in [1.54, 1.807) is 28.0 Å². The van der Waals surface area contributed by atoms with E-state index in [4.69, 9.17) is 0 Å². The standard InChI is InChI=1S/C14H9N5OS2/c20-12(9-5-2-1-3-6-9)15-13-18-19-11(10-7-4-8-21-10)16-17-14(19)22-13/h1-8H,(H,15,18,20). The molecule has 22 heavy (non-hydrogen) atoms. The van der Waals surface area contributed by atoms with Crippen molar-refractivity contribution in [1.29, 1.82) is 0 Å². The first-order valence-corrected chi connectivity index (χ1v) is 8.13. The number of amides is 1. The van der Waals surface area contributed by atoms with Gasteiger partial charge in [0.2, 0.25) is 10.1 Å². The van der Waals surface area contributed by atoms with Gasteiger partial charge in [-0.3, -0.25) is 10.1 Å². The number of hydrogen-bond acceptors (Lipinski definition) is 6. The fraction of sp³-hybridized carbons (Fsp3) is 0. The molecule has 0 aliphatic heterocycles. The van der Waals surface area contributed by atoms with Crippen molar-refractivity contribution >= 4 is 38.7 Å². The van der Waals surface area contributed by atoms with Crippen LogP contribution in [0.5, 0.6) is 0 Å². The van der Waals surface area contributed by atoms with Crippen LogP contribution in [-0.4, -0.2) is 25.7 Å². The van der Waals surface area contributed by atoms with Crippen LogP contribution in [0, 0.1) is 0 Å². The van der Waals surface area contributed by atoms with Crippen LogP contribution in [0.1, 0.15) is 10.4 Å². The van der Waals surface area contributed by atoms with Crippen molar-refractivity contribution in [2.24, 2.45) is 0 Å². The number of fused-ring (bicyclic) bond motifs is 1. The highest BCUT2D eigenvalue weighted by molar-refractivity contribution is 7.20. The van der Waals surface area contributed by atoms with Gasteiger partial charge in [0.25, 0.3) is 5.91 Å². The predicted molar refractivity (Wildman–Crippen MR) is 86.4 cm³/mol. The molecule has 3 heterocycles. The quantitative estimate of drug-likeness (QED) is 0.627. The first kappa shape index (κ1) is 13.1. The van der Waals surface area contributed by atoms with E-state index in [9.17, 15) is 4.79 Å². The minimum absolute atomic E-state index is 0.191. The summed E-state index contributed by atoms with van der Waals surface area (Å²) in [5, 5.41) is 17.9. The summed E-state index contributed by atoms with van der Waals surface area (Å²) in [6, 6.07) is 12.9. The zero-order valence-corrected chi connectivity index (χ0v) is 12.8. The van der Waals surface area contributed by atoms with Crippen molar-refractivity contribution in [3.63, 3.8) is 0 Å². The molecule has 0 fully saturated rings. The number of carbonyl (C=O) groups is 1. The number of rotatable bonds is 3. The molecule has 0 aliphatic rings. The summed E-state index contributed by atoms with van der Waals surface area (Å²) in [4.78, 5) is 13.8. The van der Waals surface area contributed by atoms with Gasteiger partial charge in [0, 0.05) is 5.56 Å². The highest BCUT2D eigenvalue weighted by Gasteiger charge is 2.15. The third-order valence-electron chi connectivity index (χ3n) is 2.99. The summed E-state index contributed by atoms with van der Waals surface area (Å²) in [6.07, 6.45) is 0. The Kier molecular flexibility index (Phi) is 3.17. The lowest BCUT2D eigenvalue weighted by atomic mass is 10.2. The maximum Gasteiger partial charge on any atom is 0.257 e. The van der Waals surface area contributed by atoms with Crippen molar-refractivity contribution in [2.75, 3.05) is 5.32 Å². The molecule has 108 valence electrons. The van der Waals surface area contributed by atoms with Gasteiger partial charge in [0.1, 0.15) is 0 Å². The molecule has 0 unspecified atom stereocenters. The van der Waals surface area contributed by atoms with Gasteiger partial charge >= 0.3 is 0 Å². The van der Waals surface area contributed by atoms with Crippen LogP contribution in [0.2, 0.25) is 0 Å². The minimum Gasteiger partial charge on any atom is -0.296 e. The number of nitrogens with zero attached hydrogens (tertiary/aromatic N) is 4. The SMILES string of the molecule is O=C(Nc1nn2c(-c3cccs3)nnc2s1)c1ccccc1. The van der Waals surface area contributed by atoms with Gasteiger partial charge in [-0.05, 0) is 23.6 Å². The second kappa shape index (κ2) is 5.32. The van der Waals surface area contributed by atoms with Gasteiger partial charge in [-0.25, -0.2) is 0 Å². The van der Waals surface area contributed by atoms with Crippen LogP contribution >= 0.6 is 22.7 Å². The smallest absolute Gasteiger partial charge is 0.257 e. The molecule has 1 N–H and O–H groups in total. The van der Waals surface area contributed by atoms with E-state index in [1.807, 2.05) is 35.7 Å². The molecule has 0 radical (unpaired) electrons. The minimum atomic E-state index is -0.191. The number of nitrogens with one attached hydrogen (secondary N) is 1. The number of hydrogen-bond donors (Lipinski definition) is 1. The molecule has 3 aromatic heterocycles. The molecule has 0 aliphatic carbocycles. The molecular weight excluding hydrogens is 318 g/mol. The molecule has 0 saturated heterocycles. The molecule has 1 amide bonds. The van der Waals surface area contributed by atoms with Gasteiger partial charge in [0.15, 0.2) is 5.82 Å². The van der Waals surface area contributed by atoms with Crippen molar-refractivity contribution in [2.45, 2.75) is 0 Å². The first-order valence-electron chi connectivity index (χ1n) is 6.44. The summed E-state index contributed by atoms with van der Waals surface area (Å²) < 4.78 is 1.65. The van der Waals surface area contributed by atoms with E-state index < -0.39 is 0 Å². The molecule has 6 nitrogen and oxygen atoms in total. The van der Waals surface area contributed by atoms with Crippen LogP contribution in [0.4, 0.5) is 5.13 Å². The lowest BCUT2D eigenvalue weighted by molar-refractivity contribution is 0.102. The molecule has 1 aromatic carbocycles. The number of aromatic nitrogens is 4. The summed E-state index contributed by atoms with van der Waals surface area (Å²) in [5.41, 5.74) is 0.590. The molecule has 4 aromatic rings. The van der Waals surface area contributed by atoms with Gasteiger partial charge in [-0.1, -0.05) is 35.6 Å². The Labute approximate surface area is 133 Å². The van der Waals surface area contributed by atoms with Gasteiger partial charge in [-0.2, -0.15) is 4.52 Å². The molecular formula is C14H9N5OS2. The van der Waals surface area contributed by atoms with E-state index in [2.05, 4.69) is 20.6 Å². The van der Waals surface area contributed by atoms with E-state index in [0.29, 0.717) is 21.5 Å². The van der Waals surface area contributed by atoms with E-state index >= 15 is 0 Å². The molecule has 0 spiro atoms. The summed E-state index contributed by atoms with van der Waals surface area (Å²) in [5.74, 6) is 0.490. The van der Waals surface area contributed by atoms with E-state index in [1.165, 1.54) is 11.3 Å². The van der Waals surface area contributed by atoms with Crippen LogP contribution in [0.15, 0.2) is 47.8 Å². The Bertz CT molecular complexity index is 927. The Morgan fingerprint density at radius 1 is 1.09 bits per heavy atom. The largest absolute Gasteiger partial charge is 0.296 e. The van der Waals surface area contributed by atoms with Crippen molar-refractivity contribution in [3.05, 3.63) is 53.4 Å². The summed E-state index contributed by atoms with van der Waals surface area (Å²) in [7, 11) is 0. The molecule has 0 atom stereocenters. The normalized spacial score (nSPS) is 10.9. The van der Waals surface area contributed by atoms with Gasteiger partial charge in [-0.15, -0.1) is 26.6 Å². The molecule has 4 rings (SSSR count).